The van der Waals surface area contributed by atoms with E-state index in [1.54, 1.807) is 0 Å². The zero-order valence-electron chi connectivity index (χ0n) is 15.4. The van der Waals surface area contributed by atoms with Crippen molar-refractivity contribution >= 4 is 22.5 Å². The van der Waals surface area contributed by atoms with Crippen LogP contribution in [0.5, 0.6) is 0 Å². The molecule has 0 aromatic heterocycles. The Morgan fingerprint density at radius 1 is 0.958 bits per heavy atom. The number of allylic oxidation sites excluding steroid dienone is 4. The summed E-state index contributed by atoms with van der Waals surface area (Å²) in [5.74, 6) is 0. The molecule has 0 amide bonds. The van der Waals surface area contributed by atoms with E-state index in [0.717, 1.165) is 17.8 Å². The smallest absolute Gasteiger partial charge is 0.0579 e. The van der Waals surface area contributed by atoms with E-state index in [1.165, 1.54) is 27.8 Å². The van der Waals surface area contributed by atoms with Gasteiger partial charge < -0.3 is 10.6 Å². The molecule has 2 N–H and O–H groups in total. The molecule has 0 aliphatic heterocycles. The Hall–Kier alpha value is -2.48. The van der Waals surface area contributed by atoms with Crippen molar-refractivity contribution in [3.8, 4) is 0 Å². The second-order valence-corrected chi connectivity index (χ2v) is 5.98. The fourth-order valence-corrected chi connectivity index (χ4v) is 2.84. The molecule has 2 aromatic rings. The third kappa shape index (κ3) is 4.08. The van der Waals surface area contributed by atoms with Gasteiger partial charge in [0.05, 0.1) is 11.4 Å². The van der Waals surface area contributed by atoms with E-state index < -0.39 is 0 Å². The molecular formula is C22H28N2. The Balaban J connectivity index is 2.60. The summed E-state index contributed by atoms with van der Waals surface area (Å²) < 4.78 is 0. The number of hydrogen-bond donors (Lipinski definition) is 2. The molecule has 0 bridgehead atoms. The first-order chi connectivity index (χ1) is 11.6. The van der Waals surface area contributed by atoms with Gasteiger partial charge in [0.25, 0.3) is 0 Å². The van der Waals surface area contributed by atoms with Gasteiger partial charge in [-0.05, 0) is 54.7 Å². The van der Waals surface area contributed by atoms with Gasteiger partial charge in [-0.3, -0.25) is 0 Å². The summed E-state index contributed by atoms with van der Waals surface area (Å²) in [7, 11) is 3.90. The standard InChI is InChI=1S/C22H28N2/c1-6-7-11-20(17(3)18-10-8-9-16(2)14-18)19-12-13-21(23-4)22(15-19)24-5/h7-15,23-24H,6H2,1-5H3/b11-7-,20-17-. The molecule has 24 heavy (non-hydrogen) atoms. The van der Waals surface area contributed by atoms with Crippen molar-refractivity contribution in [3.05, 3.63) is 71.3 Å². The molecule has 126 valence electrons. The average Bonchev–Trinajstić information content (AvgIpc) is 2.61. The molecule has 0 spiro atoms. The van der Waals surface area contributed by atoms with Crippen molar-refractivity contribution in [2.24, 2.45) is 0 Å². The number of nitrogens with one attached hydrogen (secondary N) is 2. The van der Waals surface area contributed by atoms with Crippen molar-refractivity contribution in [2.75, 3.05) is 24.7 Å². The number of rotatable bonds is 6. The maximum absolute atomic E-state index is 3.28. The molecule has 0 aliphatic carbocycles. The summed E-state index contributed by atoms with van der Waals surface area (Å²) in [6.07, 6.45) is 5.49. The predicted molar refractivity (Wildman–Crippen MR) is 109 cm³/mol. The van der Waals surface area contributed by atoms with Gasteiger partial charge in [-0.15, -0.1) is 0 Å². The van der Waals surface area contributed by atoms with Crippen LogP contribution >= 0.6 is 0 Å². The number of anilines is 2. The SMILES string of the molecule is CC/C=C\C(=C(/C)c1cccc(C)c1)c1ccc(NC)c(NC)c1. The Labute approximate surface area is 146 Å². The van der Waals surface area contributed by atoms with Crippen molar-refractivity contribution in [1.82, 2.24) is 0 Å². The van der Waals surface area contributed by atoms with Crippen LogP contribution in [0.1, 0.15) is 37.0 Å². The van der Waals surface area contributed by atoms with Crippen LogP contribution in [0, 0.1) is 6.92 Å². The van der Waals surface area contributed by atoms with Gasteiger partial charge in [-0.1, -0.05) is 55.0 Å². The normalized spacial score (nSPS) is 12.2. The Bertz CT molecular complexity index is 754. The van der Waals surface area contributed by atoms with Crippen LogP contribution in [0.25, 0.3) is 11.1 Å². The molecule has 0 atom stereocenters. The molecule has 0 saturated heterocycles. The maximum Gasteiger partial charge on any atom is 0.0579 e. The fraction of sp³-hybridized carbons (Fsp3) is 0.273. The van der Waals surface area contributed by atoms with Crippen molar-refractivity contribution in [3.63, 3.8) is 0 Å². The Morgan fingerprint density at radius 2 is 1.71 bits per heavy atom. The van der Waals surface area contributed by atoms with Crippen LogP contribution < -0.4 is 10.6 Å². The topological polar surface area (TPSA) is 24.1 Å². The first kappa shape index (κ1) is 17.9. The van der Waals surface area contributed by atoms with Gasteiger partial charge >= 0.3 is 0 Å². The van der Waals surface area contributed by atoms with E-state index >= 15 is 0 Å². The van der Waals surface area contributed by atoms with E-state index in [-0.39, 0.29) is 0 Å². The molecule has 0 aliphatic rings. The molecule has 2 heteroatoms. The minimum absolute atomic E-state index is 1.03. The van der Waals surface area contributed by atoms with Crippen molar-refractivity contribution < 1.29 is 0 Å². The highest BCUT2D eigenvalue weighted by Crippen LogP contribution is 2.32. The van der Waals surface area contributed by atoms with E-state index in [4.69, 9.17) is 0 Å². The molecule has 0 unspecified atom stereocenters. The molecule has 2 rings (SSSR count). The highest BCUT2D eigenvalue weighted by Gasteiger charge is 2.08. The monoisotopic (exact) mass is 320 g/mol. The van der Waals surface area contributed by atoms with Gasteiger partial charge in [-0.25, -0.2) is 0 Å². The van der Waals surface area contributed by atoms with E-state index in [9.17, 15) is 0 Å². The molecule has 0 saturated carbocycles. The zero-order chi connectivity index (χ0) is 17.5. The van der Waals surface area contributed by atoms with Gasteiger partial charge in [0, 0.05) is 14.1 Å². The summed E-state index contributed by atoms with van der Waals surface area (Å²) in [5.41, 5.74) is 8.55. The summed E-state index contributed by atoms with van der Waals surface area (Å²) in [6, 6.07) is 15.2. The van der Waals surface area contributed by atoms with Crippen LogP contribution in [0.2, 0.25) is 0 Å². The van der Waals surface area contributed by atoms with Gasteiger partial charge in [0.15, 0.2) is 0 Å². The van der Waals surface area contributed by atoms with Gasteiger partial charge in [0.2, 0.25) is 0 Å². The Kier molecular flexibility index (Phi) is 6.25. The van der Waals surface area contributed by atoms with E-state index in [1.807, 2.05) is 14.1 Å². The van der Waals surface area contributed by atoms with Crippen LogP contribution in [0.3, 0.4) is 0 Å². The minimum atomic E-state index is 1.03. The average molecular weight is 320 g/mol. The summed E-state index contributed by atoms with van der Waals surface area (Å²) in [5, 5.41) is 6.50. The summed E-state index contributed by atoms with van der Waals surface area (Å²) in [4.78, 5) is 0. The van der Waals surface area contributed by atoms with Crippen LogP contribution in [-0.4, -0.2) is 14.1 Å². The second-order valence-electron chi connectivity index (χ2n) is 5.98. The number of hydrogen-bond acceptors (Lipinski definition) is 2. The second kappa shape index (κ2) is 8.39. The van der Waals surface area contributed by atoms with Gasteiger partial charge in [-0.2, -0.15) is 0 Å². The maximum atomic E-state index is 3.28. The fourth-order valence-electron chi connectivity index (χ4n) is 2.84. The predicted octanol–water partition coefficient (Wildman–Crippen LogP) is 5.98. The molecule has 2 aromatic carbocycles. The molecule has 0 fully saturated rings. The Morgan fingerprint density at radius 3 is 2.33 bits per heavy atom. The zero-order valence-corrected chi connectivity index (χ0v) is 15.4. The van der Waals surface area contributed by atoms with Crippen LogP contribution in [0.15, 0.2) is 54.6 Å². The lowest BCUT2D eigenvalue weighted by Crippen LogP contribution is -1.98. The van der Waals surface area contributed by atoms with Crippen LogP contribution in [0.4, 0.5) is 11.4 Å². The van der Waals surface area contributed by atoms with E-state index in [0.29, 0.717) is 0 Å². The quantitative estimate of drug-likeness (QED) is 0.505. The lowest BCUT2D eigenvalue weighted by molar-refractivity contribution is 1.22. The largest absolute Gasteiger partial charge is 0.386 e. The van der Waals surface area contributed by atoms with Crippen LogP contribution in [-0.2, 0) is 0 Å². The first-order valence-electron chi connectivity index (χ1n) is 8.55. The molecular weight excluding hydrogens is 292 g/mol. The lowest BCUT2D eigenvalue weighted by Gasteiger charge is -2.14. The van der Waals surface area contributed by atoms with Gasteiger partial charge in [0.1, 0.15) is 0 Å². The molecule has 0 radical (unpaired) electrons. The van der Waals surface area contributed by atoms with Crippen molar-refractivity contribution in [1.29, 1.82) is 0 Å². The third-order valence-electron chi connectivity index (χ3n) is 4.24. The third-order valence-corrected chi connectivity index (χ3v) is 4.24. The summed E-state index contributed by atoms with van der Waals surface area (Å²) in [6.45, 7) is 6.51. The molecule has 0 heterocycles. The summed E-state index contributed by atoms with van der Waals surface area (Å²) >= 11 is 0. The number of aryl methyl sites for hydroxylation is 1. The highest BCUT2D eigenvalue weighted by molar-refractivity contribution is 5.96. The van der Waals surface area contributed by atoms with E-state index in [2.05, 4.69) is 86.0 Å². The number of benzene rings is 2. The van der Waals surface area contributed by atoms with Crippen molar-refractivity contribution in [2.45, 2.75) is 27.2 Å². The minimum Gasteiger partial charge on any atom is -0.386 e. The first-order valence-corrected chi connectivity index (χ1v) is 8.55. The lowest BCUT2D eigenvalue weighted by atomic mass is 9.94. The molecule has 2 nitrogen and oxygen atoms in total. The highest BCUT2D eigenvalue weighted by atomic mass is 14.9.